The molecule has 2 aliphatic rings. The molecule has 0 saturated carbocycles. The monoisotopic (exact) mass is 184 g/mol. The summed E-state index contributed by atoms with van der Waals surface area (Å²) in [5.41, 5.74) is 0. The van der Waals surface area contributed by atoms with E-state index in [0.717, 1.165) is 26.2 Å². The summed E-state index contributed by atoms with van der Waals surface area (Å²) in [6, 6.07) is 0. The molecule has 0 radical (unpaired) electrons. The molecule has 0 aromatic carbocycles. The fourth-order valence-electron chi connectivity index (χ4n) is 1.74. The molecule has 2 rings (SSSR count). The van der Waals surface area contributed by atoms with Crippen molar-refractivity contribution in [2.45, 2.75) is 13.0 Å². The van der Waals surface area contributed by atoms with Crippen molar-refractivity contribution in [3.05, 3.63) is 0 Å². The molecule has 0 aliphatic carbocycles. The molecule has 74 valence electrons. The maximum absolute atomic E-state index is 11.8. The fraction of sp³-hybridized carbons (Fsp3) is 0.889. The smallest absolute Gasteiger partial charge is 0.228 e. The first-order valence-electron chi connectivity index (χ1n) is 4.88. The lowest BCUT2D eigenvalue weighted by atomic mass is 10.0. The molecule has 4 nitrogen and oxygen atoms in total. The van der Waals surface area contributed by atoms with E-state index in [1.807, 2.05) is 11.8 Å². The van der Waals surface area contributed by atoms with Crippen molar-refractivity contribution in [3.63, 3.8) is 0 Å². The normalized spacial score (nSPS) is 29.9. The van der Waals surface area contributed by atoms with E-state index in [1.54, 1.807) is 0 Å². The number of carbonyl (C=O) groups is 1. The summed E-state index contributed by atoms with van der Waals surface area (Å²) in [6.45, 7) is 5.93. The molecule has 2 heterocycles. The van der Waals surface area contributed by atoms with Gasteiger partial charge in [0.05, 0.1) is 18.6 Å². The highest BCUT2D eigenvalue weighted by Gasteiger charge is 2.31. The second-order valence-corrected chi connectivity index (χ2v) is 3.82. The van der Waals surface area contributed by atoms with Crippen LogP contribution >= 0.6 is 0 Å². The number of hydrogen-bond donors (Lipinski definition) is 1. The Hall–Kier alpha value is -0.610. The van der Waals surface area contributed by atoms with Crippen LogP contribution in [0.4, 0.5) is 0 Å². The average molecular weight is 184 g/mol. The van der Waals surface area contributed by atoms with Gasteiger partial charge in [-0.1, -0.05) is 0 Å². The van der Waals surface area contributed by atoms with Gasteiger partial charge in [-0.15, -0.1) is 0 Å². The van der Waals surface area contributed by atoms with Crippen LogP contribution in [0.3, 0.4) is 0 Å². The van der Waals surface area contributed by atoms with Crippen molar-refractivity contribution < 1.29 is 9.53 Å². The van der Waals surface area contributed by atoms with E-state index < -0.39 is 0 Å². The molecule has 1 amide bonds. The minimum absolute atomic E-state index is 0.200. The van der Waals surface area contributed by atoms with Crippen LogP contribution in [-0.2, 0) is 9.53 Å². The third kappa shape index (κ3) is 1.84. The van der Waals surface area contributed by atoms with Gasteiger partial charge in [0.25, 0.3) is 0 Å². The lowest BCUT2D eigenvalue weighted by Crippen LogP contribution is -2.55. The molecule has 4 heteroatoms. The van der Waals surface area contributed by atoms with Gasteiger partial charge in [0.2, 0.25) is 5.91 Å². The number of carbonyl (C=O) groups excluding carboxylic acids is 1. The quantitative estimate of drug-likeness (QED) is 0.594. The fourth-order valence-corrected chi connectivity index (χ4v) is 1.74. The molecule has 0 spiro atoms. The third-order valence-electron chi connectivity index (χ3n) is 2.68. The van der Waals surface area contributed by atoms with E-state index in [4.69, 9.17) is 4.74 Å². The Labute approximate surface area is 78.2 Å². The molecule has 1 N–H and O–H groups in total. The molecule has 0 aromatic rings. The Balaban J connectivity index is 1.87. The number of rotatable bonds is 1. The van der Waals surface area contributed by atoms with Gasteiger partial charge in [-0.25, -0.2) is 0 Å². The maximum atomic E-state index is 11.8. The second kappa shape index (κ2) is 3.64. The van der Waals surface area contributed by atoms with Gasteiger partial charge in [-0.3, -0.25) is 4.79 Å². The summed E-state index contributed by atoms with van der Waals surface area (Å²) in [7, 11) is 0. The van der Waals surface area contributed by atoms with Gasteiger partial charge in [0.15, 0.2) is 0 Å². The van der Waals surface area contributed by atoms with Gasteiger partial charge >= 0.3 is 0 Å². The van der Waals surface area contributed by atoms with Crippen LogP contribution in [0.1, 0.15) is 6.92 Å². The molecule has 1 atom stereocenters. The molecule has 0 unspecified atom stereocenters. The van der Waals surface area contributed by atoms with E-state index in [0.29, 0.717) is 12.5 Å². The maximum Gasteiger partial charge on any atom is 0.228 e. The molecular weight excluding hydrogens is 168 g/mol. The summed E-state index contributed by atoms with van der Waals surface area (Å²) >= 11 is 0. The topological polar surface area (TPSA) is 41.6 Å². The molecule has 0 aromatic heterocycles. The van der Waals surface area contributed by atoms with Crippen LogP contribution in [0, 0.1) is 5.92 Å². The van der Waals surface area contributed by atoms with E-state index in [1.165, 1.54) is 0 Å². The van der Waals surface area contributed by atoms with Crippen molar-refractivity contribution in [2.75, 3.05) is 32.8 Å². The zero-order valence-electron chi connectivity index (χ0n) is 7.95. The van der Waals surface area contributed by atoms with Crippen molar-refractivity contribution >= 4 is 5.91 Å². The first-order chi connectivity index (χ1) is 6.27. The zero-order chi connectivity index (χ0) is 9.26. The third-order valence-corrected chi connectivity index (χ3v) is 2.68. The van der Waals surface area contributed by atoms with E-state index in [2.05, 4.69) is 5.32 Å². The van der Waals surface area contributed by atoms with Gasteiger partial charge in [0.1, 0.15) is 0 Å². The first-order valence-corrected chi connectivity index (χ1v) is 4.88. The number of ether oxygens (including phenoxy) is 1. The lowest BCUT2D eigenvalue weighted by molar-refractivity contribution is -0.144. The highest BCUT2D eigenvalue weighted by Crippen LogP contribution is 2.12. The van der Waals surface area contributed by atoms with Gasteiger partial charge in [-0.05, 0) is 6.92 Å². The van der Waals surface area contributed by atoms with E-state index in [9.17, 15) is 4.79 Å². The lowest BCUT2D eigenvalue weighted by Gasteiger charge is -2.36. The van der Waals surface area contributed by atoms with Crippen molar-refractivity contribution in [1.29, 1.82) is 0 Å². The summed E-state index contributed by atoms with van der Waals surface area (Å²) in [5.74, 6) is 0.527. The molecule has 0 bridgehead atoms. The summed E-state index contributed by atoms with van der Waals surface area (Å²) in [4.78, 5) is 13.7. The Morgan fingerprint density at radius 3 is 2.85 bits per heavy atom. The highest BCUT2D eigenvalue weighted by molar-refractivity contribution is 5.80. The van der Waals surface area contributed by atoms with Crippen molar-refractivity contribution in [2.24, 2.45) is 5.92 Å². The predicted octanol–water partition coefficient (Wildman–Crippen LogP) is -0.547. The molecule has 2 aliphatic heterocycles. The molecule has 2 fully saturated rings. The van der Waals surface area contributed by atoms with Crippen LogP contribution < -0.4 is 5.32 Å². The molecule has 13 heavy (non-hydrogen) atoms. The van der Waals surface area contributed by atoms with Crippen LogP contribution in [0.5, 0.6) is 0 Å². The van der Waals surface area contributed by atoms with Crippen LogP contribution in [0.25, 0.3) is 0 Å². The number of nitrogens with zero attached hydrogens (tertiary/aromatic N) is 1. The van der Waals surface area contributed by atoms with Gasteiger partial charge in [0, 0.05) is 26.2 Å². The summed E-state index contributed by atoms with van der Waals surface area (Å²) < 4.78 is 5.38. The zero-order valence-corrected chi connectivity index (χ0v) is 7.95. The van der Waals surface area contributed by atoms with Crippen LogP contribution in [0.15, 0.2) is 0 Å². The Morgan fingerprint density at radius 1 is 1.54 bits per heavy atom. The van der Waals surface area contributed by atoms with Gasteiger partial charge < -0.3 is 15.0 Å². The van der Waals surface area contributed by atoms with Crippen LogP contribution in [-0.4, -0.2) is 49.7 Å². The van der Waals surface area contributed by atoms with Crippen molar-refractivity contribution in [3.8, 4) is 0 Å². The van der Waals surface area contributed by atoms with E-state index >= 15 is 0 Å². The molecule has 2 saturated heterocycles. The average Bonchev–Trinajstić information content (AvgIpc) is 2.01. The number of morpholine rings is 1. The van der Waals surface area contributed by atoms with Gasteiger partial charge in [-0.2, -0.15) is 0 Å². The SMILES string of the molecule is C[C@H]1CN(C(=O)C2CNC2)CCO1. The largest absolute Gasteiger partial charge is 0.375 e. The number of hydrogen-bond acceptors (Lipinski definition) is 3. The molecular formula is C9H16N2O2. The Morgan fingerprint density at radius 2 is 2.31 bits per heavy atom. The number of amides is 1. The second-order valence-electron chi connectivity index (χ2n) is 3.82. The van der Waals surface area contributed by atoms with E-state index in [-0.39, 0.29) is 12.0 Å². The number of nitrogens with one attached hydrogen (secondary N) is 1. The van der Waals surface area contributed by atoms with Crippen molar-refractivity contribution in [1.82, 2.24) is 10.2 Å². The minimum atomic E-state index is 0.200. The Bertz CT molecular complexity index is 204. The standard InChI is InChI=1S/C9H16N2O2/c1-7-6-11(2-3-13-7)9(12)8-4-10-5-8/h7-8,10H,2-6H2,1H3/t7-/m0/s1. The summed E-state index contributed by atoms with van der Waals surface area (Å²) in [6.07, 6.45) is 0.200. The predicted molar refractivity (Wildman–Crippen MR) is 48.4 cm³/mol. The highest BCUT2D eigenvalue weighted by atomic mass is 16.5. The van der Waals surface area contributed by atoms with Crippen LogP contribution in [0.2, 0.25) is 0 Å². The Kier molecular flexibility index (Phi) is 2.51. The first kappa shape index (κ1) is 8.97. The minimum Gasteiger partial charge on any atom is -0.375 e. The summed E-state index contributed by atoms with van der Waals surface area (Å²) in [5, 5.41) is 3.11.